The fraction of sp³-hybridized carbons (Fsp3) is 0.333. The Labute approximate surface area is 206 Å². The van der Waals surface area contributed by atoms with E-state index in [9.17, 15) is 14.0 Å². The largest absolute Gasteiger partial charge is 0.497 e. The number of benzene rings is 2. The molecule has 1 aliphatic rings. The molecular weight excluding hydrogens is 473 g/mol. The van der Waals surface area contributed by atoms with Gasteiger partial charge in [0.05, 0.1) is 18.6 Å². The first-order chi connectivity index (χ1) is 17.0. The minimum absolute atomic E-state index is 0.0181. The molecule has 1 aliphatic carbocycles. The highest BCUT2D eigenvalue weighted by molar-refractivity contribution is 7.99. The summed E-state index contributed by atoms with van der Waals surface area (Å²) in [5.74, 6) is 0.582. The van der Waals surface area contributed by atoms with Crippen LogP contribution in [0.3, 0.4) is 0 Å². The molecule has 9 nitrogen and oxygen atoms in total. The molecule has 3 aromatic rings. The molecule has 0 bridgehead atoms. The van der Waals surface area contributed by atoms with Gasteiger partial charge in [0.25, 0.3) is 0 Å². The number of amides is 3. The lowest BCUT2D eigenvalue weighted by molar-refractivity contribution is -0.117. The van der Waals surface area contributed by atoms with Gasteiger partial charge in [0.15, 0.2) is 11.0 Å². The third kappa shape index (κ3) is 6.50. The minimum Gasteiger partial charge on any atom is -0.497 e. The number of imide groups is 1. The third-order valence-electron chi connectivity index (χ3n) is 5.50. The number of hydrogen-bond acceptors (Lipinski definition) is 7. The first-order valence-corrected chi connectivity index (χ1v) is 12.2. The molecule has 2 aromatic carbocycles. The van der Waals surface area contributed by atoms with Crippen LogP contribution in [0.15, 0.2) is 53.7 Å². The number of carbonyl (C=O) groups is 2. The highest BCUT2D eigenvalue weighted by atomic mass is 32.2. The second kappa shape index (κ2) is 11.7. The summed E-state index contributed by atoms with van der Waals surface area (Å²) in [6, 6.07) is 12.8. The molecule has 35 heavy (non-hydrogen) atoms. The van der Waals surface area contributed by atoms with E-state index in [2.05, 4.69) is 20.8 Å². The van der Waals surface area contributed by atoms with Gasteiger partial charge in [0, 0.05) is 6.04 Å². The lowest BCUT2D eigenvalue weighted by Crippen LogP contribution is -2.44. The maximum atomic E-state index is 14.7. The Balaban J connectivity index is 1.44. The highest BCUT2D eigenvalue weighted by Gasteiger charge is 2.21. The number of hydrogen-bond donors (Lipinski definition) is 2. The number of ether oxygens (including phenoxy) is 2. The van der Waals surface area contributed by atoms with Crippen LogP contribution in [0.2, 0.25) is 0 Å². The van der Waals surface area contributed by atoms with Gasteiger partial charge in [-0.1, -0.05) is 36.7 Å². The molecule has 1 aromatic heterocycles. The smallest absolute Gasteiger partial charge is 0.321 e. The molecule has 184 valence electrons. The van der Waals surface area contributed by atoms with Gasteiger partial charge in [0.1, 0.15) is 23.9 Å². The van der Waals surface area contributed by atoms with Gasteiger partial charge in [0.2, 0.25) is 5.91 Å². The number of aromatic nitrogens is 3. The van der Waals surface area contributed by atoms with Crippen LogP contribution >= 0.6 is 11.8 Å². The van der Waals surface area contributed by atoms with E-state index in [4.69, 9.17) is 9.47 Å². The Morgan fingerprint density at radius 1 is 1.09 bits per heavy atom. The predicted octanol–water partition coefficient (Wildman–Crippen LogP) is 3.85. The van der Waals surface area contributed by atoms with Crippen molar-refractivity contribution in [2.75, 3.05) is 12.9 Å². The van der Waals surface area contributed by atoms with Crippen molar-refractivity contribution in [1.29, 1.82) is 0 Å². The molecule has 3 amide bonds. The average molecular weight is 500 g/mol. The van der Waals surface area contributed by atoms with Crippen molar-refractivity contribution >= 4 is 23.7 Å². The van der Waals surface area contributed by atoms with E-state index in [1.165, 1.54) is 10.6 Å². The van der Waals surface area contributed by atoms with Gasteiger partial charge < -0.3 is 14.8 Å². The molecule has 4 rings (SSSR count). The molecule has 2 N–H and O–H groups in total. The summed E-state index contributed by atoms with van der Waals surface area (Å²) in [6.07, 6.45) is 3.99. The van der Waals surface area contributed by atoms with Crippen molar-refractivity contribution in [3.8, 4) is 17.2 Å². The summed E-state index contributed by atoms with van der Waals surface area (Å²) in [5.41, 5.74) is 0.229. The standard InChI is InChI=1S/C24H26FN5O4S/c1-33-17-10-12-18(13-11-17)34-14-21-28-29-24(30(21)20-9-5-4-8-19(20)25)35-15-22(31)27-23(32)26-16-6-2-3-7-16/h4-5,8-13,16H,2-3,6-7,14-15H2,1H3,(H2,26,27,31,32). The van der Waals surface area contributed by atoms with Crippen LogP contribution in [-0.2, 0) is 11.4 Å². The number of para-hydroxylation sites is 1. The van der Waals surface area contributed by atoms with Gasteiger partial charge in [-0.3, -0.25) is 14.7 Å². The van der Waals surface area contributed by atoms with Crippen LogP contribution in [0.4, 0.5) is 9.18 Å². The van der Waals surface area contributed by atoms with Crippen molar-refractivity contribution in [3.05, 3.63) is 60.2 Å². The highest BCUT2D eigenvalue weighted by Crippen LogP contribution is 2.25. The summed E-state index contributed by atoms with van der Waals surface area (Å²) in [5, 5.41) is 13.7. The number of halogens is 1. The quantitative estimate of drug-likeness (QED) is 0.431. The molecule has 1 heterocycles. The zero-order chi connectivity index (χ0) is 24.6. The maximum absolute atomic E-state index is 14.7. The summed E-state index contributed by atoms with van der Waals surface area (Å²) >= 11 is 1.05. The summed E-state index contributed by atoms with van der Waals surface area (Å²) in [6.45, 7) is 0.0181. The van der Waals surface area contributed by atoms with Crippen LogP contribution in [-0.4, -0.2) is 45.6 Å². The summed E-state index contributed by atoms with van der Waals surface area (Å²) in [4.78, 5) is 24.4. The maximum Gasteiger partial charge on any atom is 0.321 e. The number of thioether (sulfide) groups is 1. The van der Waals surface area contributed by atoms with Gasteiger partial charge >= 0.3 is 6.03 Å². The topological polar surface area (TPSA) is 107 Å². The monoisotopic (exact) mass is 499 g/mol. The van der Waals surface area contributed by atoms with Crippen molar-refractivity contribution in [1.82, 2.24) is 25.4 Å². The Hall–Kier alpha value is -3.60. The molecule has 0 unspecified atom stereocenters. The first-order valence-electron chi connectivity index (χ1n) is 11.2. The second-order valence-electron chi connectivity index (χ2n) is 7.94. The molecular formula is C24H26FN5O4S. The lowest BCUT2D eigenvalue weighted by Gasteiger charge is -2.13. The number of rotatable bonds is 9. The van der Waals surface area contributed by atoms with Crippen LogP contribution in [0.25, 0.3) is 5.69 Å². The van der Waals surface area contributed by atoms with Crippen molar-refractivity contribution in [3.63, 3.8) is 0 Å². The fourth-order valence-corrected chi connectivity index (χ4v) is 4.53. The van der Waals surface area contributed by atoms with E-state index in [0.29, 0.717) is 22.5 Å². The van der Waals surface area contributed by atoms with Crippen molar-refractivity contribution < 1.29 is 23.5 Å². The molecule has 1 saturated carbocycles. The SMILES string of the molecule is COc1ccc(OCc2nnc(SCC(=O)NC(=O)NC3CCCC3)n2-c2ccccc2F)cc1. The zero-order valence-corrected chi connectivity index (χ0v) is 20.0. The molecule has 0 spiro atoms. The van der Waals surface area contributed by atoms with E-state index in [0.717, 1.165) is 37.4 Å². The number of carbonyl (C=O) groups excluding carboxylic acids is 2. The van der Waals surface area contributed by atoms with Gasteiger partial charge in [-0.15, -0.1) is 10.2 Å². The molecule has 0 radical (unpaired) electrons. The molecule has 0 saturated heterocycles. The normalized spacial score (nSPS) is 13.4. The van der Waals surface area contributed by atoms with Crippen LogP contribution < -0.4 is 20.1 Å². The van der Waals surface area contributed by atoms with Crippen LogP contribution in [0, 0.1) is 5.82 Å². The number of urea groups is 1. The average Bonchev–Trinajstić information content (AvgIpc) is 3.52. The predicted molar refractivity (Wildman–Crippen MR) is 128 cm³/mol. The molecule has 0 atom stereocenters. The molecule has 11 heteroatoms. The van der Waals surface area contributed by atoms with Gasteiger partial charge in [-0.2, -0.15) is 0 Å². The van der Waals surface area contributed by atoms with E-state index < -0.39 is 17.8 Å². The van der Waals surface area contributed by atoms with Crippen LogP contribution in [0.1, 0.15) is 31.5 Å². The van der Waals surface area contributed by atoms with E-state index >= 15 is 0 Å². The summed E-state index contributed by atoms with van der Waals surface area (Å²) < 4.78 is 27.1. The number of nitrogens with one attached hydrogen (secondary N) is 2. The van der Waals surface area contributed by atoms with Gasteiger partial charge in [-0.25, -0.2) is 9.18 Å². The van der Waals surface area contributed by atoms with Crippen LogP contribution in [0.5, 0.6) is 11.5 Å². The van der Waals surface area contributed by atoms with E-state index in [1.54, 1.807) is 49.6 Å². The Morgan fingerprint density at radius 2 is 1.80 bits per heavy atom. The number of methoxy groups -OCH3 is 1. The molecule has 1 fully saturated rings. The molecule has 0 aliphatic heterocycles. The third-order valence-corrected chi connectivity index (χ3v) is 6.43. The lowest BCUT2D eigenvalue weighted by atomic mass is 10.2. The van der Waals surface area contributed by atoms with E-state index in [1.807, 2.05) is 0 Å². The Kier molecular flexibility index (Phi) is 8.19. The zero-order valence-electron chi connectivity index (χ0n) is 19.2. The van der Waals surface area contributed by atoms with E-state index in [-0.39, 0.29) is 24.1 Å². The minimum atomic E-state index is -0.508. The number of nitrogens with zero attached hydrogens (tertiary/aromatic N) is 3. The first kappa shape index (κ1) is 24.5. The Bertz CT molecular complexity index is 1160. The van der Waals surface area contributed by atoms with Crippen molar-refractivity contribution in [2.24, 2.45) is 0 Å². The van der Waals surface area contributed by atoms with Gasteiger partial charge in [-0.05, 0) is 49.2 Å². The fourth-order valence-electron chi connectivity index (χ4n) is 3.77. The van der Waals surface area contributed by atoms with Crippen molar-refractivity contribution in [2.45, 2.75) is 43.5 Å². The Morgan fingerprint density at radius 3 is 2.51 bits per heavy atom. The summed E-state index contributed by atoms with van der Waals surface area (Å²) in [7, 11) is 1.58. The second-order valence-corrected chi connectivity index (χ2v) is 8.88.